The monoisotopic (exact) mass is 345 g/mol. The highest BCUT2D eigenvalue weighted by Crippen LogP contribution is 2.18. The summed E-state index contributed by atoms with van der Waals surface area (Å²) in [7, 11) is 0. The number of carbonyl (C=O) groups is 1. The van der Waals surface area contributed by atoms with Gasteiger partial charge in [0.1, 0.15) is 0 Å². The average Bonchev–Trinajstić information content (AvgIpc) is 3.05. The molecule has 1 heterocycles. The van der Waals surface area contributed by atoms with Gasteiger partial charge in [-0.2, -0.15) is 0 Å². The van der Waals surface area contributed by atoms with Crippen LogP contribution >= 0.6 is 0 Å². The summed E-state index contributed by atoms with van der Waals surface area (Å²) in [5.41, 5.74) is 2.06. The van der Waals surface area contributed by atoms with Crippen LogP contribution in [-0.2, 0) is 16.0 Å². The number of hydrogen-bond acceptors (Lipinski definition) is 5. The van der Waals surface area contributed by atoms with Gasteiger partial charge in [-0.25, -0.2) is 0 Å². The van der Waals surface area contributed by atoms with E-state index < -0.39 is 0 Å². The van der Waals surface area contributed by atoms with E-state index in [0.29, 0.717) is 43.7 Å². The maximum absolute atomic E-state index is 11.8. The van der Waals surface area contributed by atoms with E-state index in [-0.39, 0.29) is 5.91 Å². The van der Waals surface area contributed by atoms with E-state index in [1.807, 2.05) is 31.2 Å². The van der Waals surface area contributed by atoms with Gasteiger partial charge < -0.3 is 14.5 Å². The molecule has 2 rings (SSSR count). The van der Waals surface area contributed by atoms with Crippen molar-refractivity contribution in [3.63, 3.8) is 0 Å². The first-order chi connectivity index (χ1) is 12.0. The van der Waals surface area contributed by atoms with Crippen LogP contribution in [0.15, 0.2) is 28.7 Å². The van der Waals surface area contributed by atoms with Crippen molar-refractivity contribution < 1.29 is 13.9 Å². The fraction of sp³-hybridized carbons (Fsp3) is 0.526. The molecule has 0 radical (unpaired) electrons. The smallest absolute Gasteiger partial charge is 0.247 e. The lowest BCUT2D eigenvalue weighted by Gasteiger charge is -2.07. The molecular weight excluding hydrogens is 318 g/mol. The lowest BCUT2D eigenvalue weighted by Crippen LogP contribution is -2.25. The first-order valence-electron chi connectivity index (χ1n) is 8.78. The third kappa shape index (κ3) is 7.05. The fourth-order valence-corrected chi connectivity index (χ4v) is 2.20. The average molecular weight is 345 g/mol. The Hall–Kier alpha value is -2.21. The maximum Gasteiger partial charge on any atom is 0.247 e. The zero-order chi connectivity index (χ0) is 18.1. The van der Waals surface area contributed by atoms with E-state index in [2.05, 4.69) is 29.4 Å². The number of nitrogens with one attached hydrogen (secondary N) is 1. The minimum atomic E-state index is -0.0149. The van der Waals surface area contributed by atoms with Gasteiger partial charge in [0.15, 0.2) is 0 Å². The number of nitrogens with zero attached hydrogens (tertiary/aromatic N) is 2. The molecule has 6 nitrogen and oxygen atoms in total. The van der Waals surface area contributed by atoms with E-state index in [1.165, 1.54) is 5.56 Å². The summed E-state index contributed by atoms with van der Waals surface area (Å²) < 4.78 is 11.1. The molecule has 0 bridgehead atoms. The topological polar surface area (TPSA) is 77.2 Å². The molecule has 1 aromatic carbocycles. The van der Waals surface area contributed by atoms with Gasteiger partial charge in [0.2, 0.25) is 17.7 Å². The highest BCUT2D eigenvalue weighted by Gasteiger charge is 2.10. The summed E-state index contributed by atoms with van der Waals surface area (Å²) in [5, 5.41) is 10.9. The van der Waals surface area contributed by atoms with Gasteiger partial charge in [-0.15, -0.1) is 10.2 Å². The van der Waals surface area contributed by atoms with Gasteiger partial charge in [0.25, 0.3) is 0 Å². The van der Waals surface area contributed by atoms with Crippen molar-refractivity contribution in [2.24, 2.45) is 5.92 Å². The molecule has 0 saturated heterocycles. The molecule has 2 aromatic rings. The van der Waals surface area contributed by atoms with Crippen LogP contribution in [0.4, 0.5) is 0 Å². The molecule has 136 valence electrons. The van der Waals surface area contributed by atoms with Gasteiger partial charge >= 0.3 is 0 Å². The molecule has 6 heteroatoms. The highest BCUT2D eigenvalue weighted by molar-refractivity contribution is 5.75. The molecule has 1 amide bonds. The Bertz CT molecular complexity index is 650. The fourth-order valence-electron chi connectivity index (χ4n) is 2.20. The number of amides is 1. The lowest BCUT2D eigenvalue weighted by molar-refractivity contribution is -0.121. The normalized spacial score (nSPS) is 11.0. The van der Waals surface area contributed by atoms with E-state index in [0.717, 1.165) is 18.6 Å². The zero-order valence-electron chi connectivity index (χ0n) is 15.2. The summed E-state index contributed by atoms with van der Waals surface area (Å²) in [6, 6.07) is 7.89. The Balaban J connectivity index is 1.66. The molecule has 0 aliphatic heterocycles. The van der Waals surface area contributed by atoms with Crippen molar-refractivity contribution in [3.05, 3.63) is 35.7 Å². The summed E-state index contributed by atoms with van der Waals surface area (Å²) in [4.78, 5) is 11.8. The number of ether oxygens (including phenoxy) is 1. The van der Waals surface area contributed by atoms with Gasteiger partial charge in [0, 0.05) is 38.2 Å². The molecule has 0 aliphatic rings. The van der Waals surface area contributed by atoms with Crippen LogP contribution in [-0.4, -0.2) is 35.9 Å². The maximum atomic E-state index is 11.8. The third-order valence-electron chi connectivity index (χ3n) is 3.57. The second-order valence-corrected chi connectivity index (χ2v) is 6.54. The van der Waals surface area contributed by atoms with Crippen molar-refractivity contribution in [2.45, 2.75) is 40.0 Å². The number of benzene rings is 1. The van der Waals surface area contributed by atoms with E-state index in [4.69, 9.17) is 9.15 Å². The van der Waals surface area contributed by atoms with Gasteiger partial charge in [-0.3, -0.25) is 4.79 Å². The largest absolute Gasteiger partial charge is 0.421 e. The number of hydrogen-bond donors (Lipinski definition) is 1. The second kappa shape index (κ2) is 9.93. The van der Waals surface area contributed by atoms with Crippen LogP contribution in [0, 0.1) is 12.8 Å². The number of aromatic nitrogens is 2. The Morgan fingerprint density at radius 2 is 2.00 bits per heavy atom. The molecule has 0 unspecified atom stereocenters. The van der Waals surface area contributed by atoms with Crippen LogP contribution in [0.3, 0.4) is 0 Å². The molecule has 1 aromatic heterocycles. The first kappa shape index (κ1) is 19.1. The van der Waals surface area contributed by atoms with Crippen molar-refractivity contribution in [1.29, 1.82) is 0 Å². The number of carbonyl (C=O) groups excluding carboxylic acids is 1. The first-order valence-corrected chi connectivity index (χ1v) is 8.78. The van der Waals surface area contributed by atoms with Crippen molar-refractivity contribution in [1.82, 2.24) is 15.5 Å². The molecule has 25 heavy (non-hydrogen) atoms. The molecule has 0 saturated carbocycles. The van der Waals surface area contributed by atoms with E-state index in [1.54, 1.807) is 0 Å². The van der Waals surface area contributed by atoms with Gasteiger partial charge in [-0.1, -0.05) is 31.5 Å². The summed E-state index contributed by atoms with van der Waals surface area (Å²) in [6.45, 7) is 8.30. The molecule has 1 N–H and O–H groups in total. The third-order valence-corrected chi connectivity index (χ3v) is 3.57. The predicted molar refractivity (Wildman–Crippen MR) is 96.1 cm³/mol. The minimum Gasteiger partial charge on any atom is -0.421 e. The van der Waals surface area contributed by atoms with Crippen molar-refractivity contribution >= 4 is 5.91 Å². The van der Waals surface area contributed by atoms with Gasteiger partial charge in [0.05, 0.1) is 0 Å². The molecule has 0 spiro atoms. The molecule has 0 fully saturated rings. The van der Waals surface area contributed by atoms with Crippen LogP contribution in [0.2, 0.25) is 0 Å². The van der Waals surface area contributed by atoms with E-state index >= 15 is 0 Å². The highest BCUT2D eigenvalue weighted by atomic mass is 16.5. The summed E-state index contributed by atoms with van der Waals surface area (Å²) in [6.07, 6.45) is 1.59. The molecule has 0 atom stereocenters. The summed E-state index contributed by atoms with van der Waals surface area (Å²) in [5.74, 6) is 1.48. The number of aryl methyl sites for hydroxylation is 2. The second-order valence-electron chi connectivity index (χ2n) is 6.54. The van der Waals surface area contributed by atoms with Crippen LogP contribution in [0.5, 0.6) is 0 Å². The predicted octanol–water partition coefficient (Wildman–Crippen LogP) is 3.16. The molecular formula is C19H27N3O3. The van der Waals surface area contributed by atoms with Crippen molar-refractivity contribution in [2.75, 3.05) is 19.8 Å². The lowest BCUT2D eigenvalue weighted by atomic mass is 10.1. The van der Waals surface area contributed by atoms with Gasteiger partial charge in [-0.05, 0) is 31.4 Å². The Morgan fingerprint density at radius 1 is 1.24 bits per heavy atom. The SMILES string of the molecule is Cc1ccc(-c2nnc(CCC(=O)NCCCOCC(C)C)o2)cc1. The molecule has 0 aliphatic carbocycles. The Morgan fingerprint density at radius 3 is 2.72 bits per heavy atom. The standard InChI is InChI=1S/C19H27N3O3/c1-14(2)13-24-12-4-11-20-17(23)9-10-18-21-22-19(25-18)16-7-5-15(3)6-8-16/h5-8,14H,4,9-13H2,1-3H3,(H,20,23). The van der Waals surface area contributed by atoms with E-state index in [9.17, 15) is 4.79 Å². The Kier molecular flexibility index (Phi) is 7.60. The van der Waals surface area contributed by atoms with Crippen molar-refractivity contribution in [3.8, 4) is 11.5 Å². The van der Waals surface area contributed by atoms with Crippen LogP contribution < -0.4 is 5.32 Å². The van der Waals surface area contributed by atoms with Crippen LogP contribution in [0.1, 0.15) is 38.1 Å². The minimum absolute atomic E-state index is 0.0149. The quantitative estimate of drug-likeness (QED) is 0.669. The summed E-state index contributed by atoms with van der Waals surface area (Å²) >= 11 is 0. The zero-order valence-corrected chi connectivity index (χ0v) is 15.2. The Labute approximate surface area is 149 Å². The number of rotatable bonds is 10. The van der Waals surface area contributed by atoms with Crippen LogP contribution in [0.25, 0.3) is 11.5 Å².